The highest BCUT2D eigenvalue weighted by Gasteiger charge is 2.25. The Morgan fingerprint density at radius 3 is 1.57 bits per heavy atom. The molecular weight excluding hydrogens is 529 g/mol. The number of rotatable bonds is 32. The number of nitrogens with two attached hydrogens (primary N) is 1. The SMILES string of the molecule is CCCCCCCCCCCCCCOC[C@H](COP(=O)(O)OCCN)OC(=O)CCCCCCCCCCC. The summed E-state index contributed by atoms with van der Waals surface area (Å²) in [5, 5.41) is 0. The number of hydrogen-bond donors (Lipinski definition) is 2. The third kappa shape index (κ3) is 29.0. The fraction of sp³-hybridized carbons (Fsp3) is 0.968. The fourth-order valence-corrected chi connectivity index (χ4v) is 5.35. The van der Waals surface area contributed by atoms with E-state index in [9.17, 15) is 14.3 Å². The Labute approximate surface area is 246 Å². The summed E-state index contributed by atoms with van der Waals surface area (Å²) in [6.07, 6.45) is 25.4. The predicted molar refractivity (Wildman–Crippen MR) is 164 cm³/mol. The summed E-state index contributed by atoms with van der Waals surface area (Å²) in [7, 11) is -4.25. The first-order chi connectivity index (χ1) is 19.4. The average Bonchev–Trinajstić information content (AvgIpc) is 2.94. The molecule has 0 aliphatic heterocycles. The van der Waals surface area contributed by atoms with Crippen molar-refractivity contribution in [2.45, 2.75) is 161 Å². The zero-order valence-electron chi connectivity index (χ0n) is 26.1. The number of carbonyl (C=O) groups excluding carboxylic acids is 1. The number of ether oxygens (including phenoxy) is 2. The molecule has 0 aromatic heterocycles. The highest BCUT2D eigenvalue weighted by atomic mass is 31.2. The molecule has 0 heterocycles. The van der Waals surface area contributed by atoms with Crippen molar-refractivity contribution < 1.29 is 32.8 Å². The minimum Gasteiger partial charge on any atom is -0.457 e. The number of phosphoric ester groups is 1. The second-order valence-corrected chi connectivity index (χ2v) is 12.5. The quantitative estimate of drug-likeness (QED) is 0.0452. The summed E-state index contributed by atoms with van der Waals surface area (Å²) >= 11 is 0. The van der Waals surface area contributed by atoms with Gasteiger partial charge in [-0.15, -0.1) is 0 Å². The van der Waals surface area contributed by atoms with Crippen LogP contribution in [0.2, 0.25) is 0 Å². The lowest BCUT2D eigenvalue weighted by atomic mass is 10.1. The maximum Gasteiger partial charge on any atom is 0.472 e. The largest absolute Gasteiger partial charge is 0.472 e. The van der Waals surface area contributed by atoms with Gasteiger partial charge in [-0.2, -0.15) is 0 Å². The van der Waals surface area contributed by atoms with Crippen LogP contribution in [0.3, 0.4) is 0 Å². The molecule has 0 aromatic rings. The molecule has 0 rings (SSSR count). The van der Waals surface area contributed by atoms with E-state index in [2.05, 4.69) is 13.8 Å². The van der Waals surface area contributed by atoms with Crippen LogP contribution in [0, 0.1) is 0 Å². The van der Waals surface area contributed by atoms with Crippen molar-refractivity contribution in [3.05, 3.63) is 0 Å². The van der Waals surface area contributed by atoms with Crippen LogP contribution in [0.1, 0.15) is 155 Å². The molecule has 0 aliphatic rings. The van der Waals surface area contributed by atoms with Crippen LogP contribution < -0.4 is 5.73 Å². The van der Waals surface area contributed by atoms with Gasteiger partial charge in [0.05, 0.1) is 19.8 Å². The van der Waals surface area contributed by atoms with Gasteiger partial charge in [0.15, 0.2) is 0 Å². The molecule has 3 N–H and O–H groups in total. The molecular formula is C31H64NO7P. The van der Waals surface area contributed by atoms with E-state index in [1.54, 1.807) is 0 Å². The van der Waals surface area contributed by atoms with Crippen LogP contribution in [-0.2, 0) is 27.9 Å². The van der Waals surface area contributed by atoms with E-state index < -0.39 is 13.9 Å². The first-order valence-corrected chi connectivity index (χ1v) is 18.0. The van der Waals surface area contributed by atoms with Gasteiger partial charge in [0.2, 0.25) is 0 Å². The first kappa shape index (κ1) is 39.5. The third-order valence-electron chi connectivity index (χ3n) is 7.02. The molecule has 0 aromatic carbocycles. The molecule has 9 heteroatoms. The van der Waals surface area contributed by atoms with Crippen molar-refractivity contribution in [3.63, 3.8) is 0 Å². The van der Waals surface area contributed by atoms with Gasteiger partial charge in [-0.25, -0.2) is 4.57 Å². The lowest BCUT2D eigenvalue weighted by molar-refractivity contribution is -0.154. The van der Waals surface area contributed by atoms with Crippen molar-refractivity contribution in [2.75, 3.05) is 33.0 Å². The lowest BCUT2D eigenvalue weighted by Crippen LogP contribution is -2.28. The Morgan fingerprint density at radius 1 is 0.650 bits per heavy atom. The molecule has 2 atom stereocenters. The van der Waals surface area contributed by atoms with E-state index >= 15 is 0 Å². The number of phosphoric acid groups is 1. The Morgan fingerprint density at radius 2 is 1.10 bits per heavy atom. The molecule has 0 saturated heterocycles. The van der Waals surface area contributed by atoms with E-state index in [0.29, 0.717) is 13.0 Å². The normalized spacial score (nSPS) is 13.8. The van der Waals surface area contributed by atoms with Gasteiger partial charge < -0.3 is 20.1 Å². The van der Waals surface area contributed by atoms with Crippen molar-refractivity contribution in [1.82, 2.24) is 0 Å². The van der Waals surface area contributed by atoms with E-state index in [-0.39, 0.29) is 32.3 Å². The molecule has 8 nitrogen and oxygen atoms in total. The average molecular weight is 594 g/mol. The van der Waals surface area contributed by atoms with Gasteiger partial charge in [-0.3, -0.25) is 13.8 Å². The molecule has 240 valence electrons. The standard InChI is InChI=1S/C31H64NO7P/c1-3-5-7-9-11-13-14-15-17-19-21-23-26-36-28-30(29-38-40(34,35)37-27-25-32)39-31(33)24-22-20-18-16-12-10-8-6-4-2/h30H,3-29,32H2,1-2H3,(H,34,35)/t30-/m1/s1. The second kappa shape index (κ2) is 30.0. The van der Waals surface area contributed by atoms with Gasteiger partial charge >= 0.3 is 13.8 Å². The summed E-state index contributed by atoms with van der Waals surface area (Å²) in [4.78, 5) is 22.2. The zero-order valence-corrected chi connectivity index (χ0v) is 27.0. The number of esters is 1. The van der Waals surface area contributed by atoms with Crippen LogP contribution in [0.25, 0.3) is 0 Å². The Hall–Kier alpha value is -0.500. The molecule has 0 fully saturated rings. The van der Waals surface area contributed by atoms with Crippen LogP contribution in [0.15, 0.2) is 0 Å². The highest BCUT2D eigenvalue weighted by Crippen LogP contribution is 2.43. The van der Waals surface area contributed by atoms with Gasteiger partial charge in [0.1, 0.15) is 6.10 Å². The van der Waals surface area contributed by atoms with Gasteiger partial charge in [0.25, 0.3) is 0 Å². The molecule has 1 unspecified atom stereocenters. The van der Waals surface area contributed by atoms with Crippen molar-refractivity contribution in [2.24, 2.45) is 5.73 Å². The van der Waals surface area contributed by atoms with Crippen LogP contribution in [0.5, 0.6) is 0 Å². The Balaban J connectivity index is 4.11. The molecule has 40 heavy (non-hydrogen) atoms. The monoisotopic (exact) mass is 593 g/mol. The summed E-state index contributed by atoms with van der Waals surface area (Å²) < 4.78 is 33.1. The molecule has 0 radical (unpaired) electrons. The summed E-state index contributed by atoms with van der Waals surface area (Å²) in [6.45, 7) is 4.91. The van der Waals surface area contributed by atoms with Gasteiger partial charge in [-0.1, -0.05) is 136 Å². The molecule has 0 aliphatic carbocycles. The van der Waals surface area contributed by atoms with Gasteiger partial charge in [-0.05, 0) is 12.8 Å². The first-order valence-electron chi connectivity index (χ1n) is 16.5. The lowest BCUT2D eigenvalue weighted by Gasteiger charge is -2.20. The fourth-order valence-electron chi connectivity index (χ4n) is 4.58. The number of carbonyl (C=O) groups is 1. The maximum atomic E-state index is 12.4. The minimum atomic E-state index is -4.25. The third-order valence-corrected chi connectivity index (χ3v) is 8.01. The summed E-state index contributed by atoms with van der Waals surface area (Å²) in [5.41, 5.74) is 5.33. The molecule has 0 amide bonds. The summed E-state index contributed by atoms with van der Waals surface area (Å²) in [6, 6.07) is 0. The van der Waals surface area contributed by atoms with Crippen LogP contribution in [0.4, 0.5) is 0 Å². The van der Waals surface area contributed by atoms with E-state index in [4.69, 9.17) is 24.3 Å². The van der Waals surface area contributed by atoms with Gasteiger partial charge in [0, 0.05) is 19.6 Å². The highest BCUT2D eigenvalue weighted by molar-refractivity contribution is 7.47. The van der Waals surface area contributed by atoms with Crippen molar-refractivity contribution in [1.29, 1.82) is 0 Å². The van der Waals surface area contributed by atoms with E-state index in [1.807, 2.05) is 0 Å². The summed E-state index contributed by atoms with van der Waals surface area (Å²) in [5.74, 6) is -0.332. The van der Waals surface area contributed by atoms with Crippen molar-refractivity contribution >= 4 is 13.8 Å². The number of hydrogen-bond acceptors (Lipinski definition) is 7. The topological polar surface area (TPSA) is 117 Å². The van der Waals surface area contributed by atoms with E-state index in [0.717, 1.165) is 32.1 Å². The van der Waals surface area contributed by atoms with E-state index in [1.165, 1.54) is 103 Å². The minimum absolute atomic E-state index is 0.0910. The predicted octanol–water partition coefficient (Wildman–Crippen LogP) is 8.63. The second-order valence-electron chi connectivity index (χ2n) is 11.0. The Bertz CT molecular complexity index is 594. The zero-order chi connectivity index (χ0) is 29.6. The van der Waals surface area contributed by atoms with Crippen LogP contribution in [-0.4, -0.2) is 49.9 Å². The molecule has 0 bridgehead atoms. The van der Waals surface area contributed by atoms with Crippen LogP contribution >= 0.6 is 7.82 Å². The molecule has 0 spiro atoms. The Kier molecular flexibility index (Phi) is 29.6. The van der Waals surface area contributed by atoms with Crippen molar-refractivity contribution in [3.8, 4) is 0 Å². The molecule has 0 saturated carbocycles. The smallest absolute Gasteiger partial charge is 0.457 e. The maximum absolute atomic E-state index is 12.4. The number of unbranched alkanes of at least 4 members (excludes halogenated alkanes) is 19.